The van der Waals surface area contributed by atoms with E-state index in [1.807, 2.05) is 0 Å². The molecule has 0 saturated carbocycles. The van der Waals surface area contributed by atoms with Crippen LogP contribution in [0.1, 0.15) is 37.4 Å². The summed E-state index contributed by atoms with van der Waals surface area (Å²) >= 11 is 0. The summed E-state index contributed by atoms with van der Waals surface area (Å²) in [5.74, 6) is -6.05. The molecule has 13 heteroatoms. The Hall–Kier alpha value is -5.98. The first-order chi connectivity index (χ1) is 22.3. The SMILES string of the molecule is COC(=O)c1cc(CC(=O)OCC(C(=O)O)(C(=O)O)c2ccccc2)ccc1NC(=O)c1ccccc1-c1ccc(C(F)(F)F)cc1. The first kappa shape index (κ1) is 33.9. The van der Waals surface area contributed by atoms with Gasteiger partial charge in [-0.1, -0.05) is 66.7 Å². The summed E-state index contributed by atoms with van der Waals surface area (Å²) < 4.78 is 49.0. The Kier molecular flexibility index (Phi) is 10.1. The normalized spacial score (nSPS) is 11.3. The van der Waals surface area contributed by atoms with E-state index in [4.69, 9.17) is 9.47 Å². The third-order valence-corrected chi connectivity index (χ3v) is 7.23. The van der Waals surface area contributed by atoms with Gasteiger partial charge in [0.25, 0.3) is 5.91 Å². The maximum atomic E-state index is 13.4. The van der Waals surface area contributed by atoms with Crippen LogP contribution in [0.3, 0.4) is 0 Å². The van der Waals surface area contributed by atoms with Crippen LogP contribution in [0.25, 0.3) is 11.1 Å². The lowest BCUT2D eigenvalue weighted by Crippen LogP contribution is -2.48. The molecule has 10 nitrogen and oxygen atoms in total. The number of esters is 2. The molecule has 0 spiro atoms. The highest BCUT2D eigenvalue weighted by Crippen LogP contribution is 2.32. The van der Waals surface area contributed by atoms with Crippen molar-refractivity contribution in [2.75, 3.05) is 19.0 Å². The van der Waals surface area contributed by atoms with Crippen molar-refractivity contribution in [1.82, 2.24) is 0 Å². The summed E-state index contributed by atoms with van der Waals surface area (Å²) in [6.07, 6.45) is -5.04. The van der Waals surface area contributed by atoms with Gasteiger partial charge in [0.1, 0.15) is 6.61 Å². The van der Waals surface area contributed by atoms with Crippen LogP contribution in [0.5, 0.6) is 0 Å². The lowest BCUT2D eigenvalue weighted by molar-refractivity contribution is -0.164. The molecule has 0 bridgehead atoms. The van der Waals surface area contributed by atoms with Crippen molar-refractivity contribution in [3.63, 3.8) is 0 Å². The number of carboxylic acid groups (broad SMARTS) is 2. The van der Waals surface area contributed by atoms with E-state index >= 15 is 0 Å². The summed E-state index contributed by atoms with van der Waals surface area (Å²) in [4.78, 5) is 62.9. The molecule has 4 aromatic carbocycles. The number of carboxylic acids is 2. The van der Waals surface area contributed by atoms with Gasteiger partial charge in [-0.3, -0.25) is 19.2 Å². The zero-order chi connectivity index (χ0) is 34.4. The van der Waals surface area contributed by atoms with Crippen molar-refractivity contribution in [3.05, 3.63) is 125 Å². The van der Waals surface area contributed by atoms with Gasteiger partial charge in [-0.15, -0.1) is 0 Å². The minimum atomic E-state index is -4.54. The standard InChI is InChI=1S/C34H26F3NO9/c1-46-30(41)26-17-20(18-28(39)47-19-33(31(42)43,32(44)45)22-7-3-2-4-8-22)11-16-27(26)38-29(40)25-10-6-5-9-24(25)21-12-14-23(15-13-21)34(35,36)37/h2-17H,18-19H2,1H3,(H,38,40)(H,42,43)(H,44,45). The molecule has 0 atom stereocenters. The topological polar surface area (TPSA) is 156 Å². The number of hydrogen-bond acceptors (Lipinski definition) is 7. The van der Waals surface area contributed by atoms with Crippen molar-refractivity contribution in [3.8, 4) is 11.1 Å². The second-order valence-electron chi connectivity index (χ2n) is 10.2. The quantitative estimate of drug-likeness (QED) is 0.139. The number of halogens is 3. The number of alkyl halides is 3. The van der Waals surface area contributed by atoms with Crippen LogP contribution in [0, 0.1) is 0 Å². The van der Waals surface area contributed by atoms with Crippen LogP contribution >= 0.6 is 0 Å². The monoisotopic (exact) mass is 649 g/mol. The van der Waals surface area contributed by atoms with E-state index in [0.717, 1.165) is 19.2 Å². The largest absolute Gasteiger partial charge is 0.480 e. The third kappa shape index (κ3) is 7.47. The average molecular weight is 650 g/mol. The van der Waals surface area contributed by atoms with Gasteiger partial charge in [0, 0.05) is 5.56 Å². The van der Waals surface area contributed by atoms with Gasteiger partial charge in [-0.2, -0.15) is 13.2 Å². The highest BCUT2D eigenvalue weighted by atomic mass is 19.4. The minimum absolute atomic E-state index is 0.0129. The molecule has 0 radical (unpaired) electrons. The van der Waals surface area contributed by atoms with Crippen LogP contribution in [-0.2, 0) is 41.9 Å². The van der Waals surface area contributed by atoms with E-state index in [2.05, 4.69) is 5.32 Å². The van der Waals surface area contributed by atoms with Crippen LogP contribution in [0.2, 0.25) is 0 Å². The number of rotatable bonds is 11. The molecule has 4 rings (SSSR count). The molecular formula is C34H26F3NO9. The predicted octanol–water partition coefficient (Wildman–Crippen LogP) is 5.60. The fourth-order valence-electron chi connectivity index (χ4n) is 4.72. The van der Waals surface area contributed by atoms with E-state index in [-0.39, 0.29) is 27.9 Å². The third-order valence-electron chi connectivity index (χ3n) is 7.23. The minimum Gasteiger partial charge on any atom is -0.480 e. The predicted molar refractivity (Wildman–Crippen MR) is 161 cm³/mol. The van der Waals surface area contributed by atoms with Gasteiger partial charge in [-0.05, 0) is 52.6 Å². The van der Waals surface area contributed by atoms with Gasteiger partial charge in [0.2, 0.25) is 5.41 Å². The van der Waals surface area contributed by atoms with Crippen molar-refractivity contribution < 1.29 is 56.8 Å². The molecule has 0 aliphatic heterocycles. The molecule has 0 fully saturated rings. The van der Waals surface area contributed by atoms with Gasteiger partial charge >= 0.3 is 30.1 Å². The number of carbonyl (C=O) groups is 5. The summed E-state index contributed by atoms with van der Waals surface area (Å²) in [6, 6.07) is 21.4. The number of amides is 1. The van der Waals surface area contributed by atoms with Crippen molar-refractivity contribution in [2.24, 2.45) is 0 Å². The molecule has 1 amide bonds. The Labute approximate surface area is 265 Å². The second kappa shape index (κ2) is 14.0. The number of carbonyl (C=O) groups excluding carboxylic acids is 3. The van der Waals surface area contributed by atoms with Crippen LogP contribution < -0.4 is 5.32 Å². The maximum absolute atomic E-state index is 13.4. The summed E-state index contributed by atoms with van der Waals surface area (Å²) in [5, 5.41) is 22.2. The molecule has 3 N–H and O–H groups in total. The number of anilines is 1. The molecule has 0 aromatic heterocycles. The molecular weight excluding hydrogens is 623 g/mol. The van der Waals surface area contributed by atoms with E-state index in [1.54, 1.807) is 24.3 Å². The summed E-state index contributed by atoms with van der Waals surface area (Å²) in [7, 11) is 1.09. The van der Waals surface area contributed by atoms with Crippen molar-refractivity contribution in [1.29, 1.82) is 0 Å². The molecule has 0 heterocycles. The molecule has 0 aliphatic rings. The van der Waals surface area contributed by atoms with Crippen molar-refractivity contribution >= 4 is 35.5 Å². The van der Waals surface area contributed by atoms with Crippen LogP contribution in [0.15, 0.2) is 97.1 Å². The highest BCUT2D eigenvalue weighted by Gasteiger charge is 2.50. The second-order valence-corrected chi connectivity index (χ2v) is 10.2. The Balaban J connectivity index is 1.55. The summed E-state index contributed by atoms with van der Waals surface area (Å²) in [5.41, 5.74) is -2.76. The first-order valence-electron chi connectivity index (χ1n) is 13.7. The summed E-state index contributed by atoms with van der Waals surface area (Å²) in [6.45, 7) is -1.02. The Morgan fingerprint density at radius 2 is 1.36 bits per heavy atom. The number of benzene rings is 4. The van der Waals surface area contributed by atoms with E-state index < -0.39 is 60.0 Å². The van der Waals surface area contributed by atoms with Crippen LogP contribution in [-0.4, -0.2) is 53.7 Å². The smallest absolute Gasteiger partial charge is 0.416 e. The Morgan fingerprint density at radius 3 is 1.96 bits per heavy atom. The number of hydrogen-bond donors (Lipinski definition) is 3. The fourth-order valence-corrected chi connectivity index (χ4v) is 4.72. The molecule has 4 aromatic rings. The van der Waals surface area contributed by atoms with E-state index in [1.165, 1.54) is 60.7 Å². The molecule has 0 unspecified atom stereocenters. The number of methoxy groups -OCH3 is 1. The first-order valence-corrected chi connectivity index (χ1v) is 13.7. The number of aliphatic carboxylic acids is 2. The zero-order valence-corrected chi connectivity index (χ0v) is 24.5. The Morgan fingerprint density at radius 1 is 0.745 bits per heavy atom. The molecule has 242 valence electrons. The molecule has 47 heavy (non-hydrogen) atoms. The fraction of sp³-hybridized carbons (Fsp3) is 0.147. The highest BCUT2D eigenvalue weighted by molar-refractivity contribution is 6.11. The van der Waals surface area contributed by atoms with Gasteiger partial charge in [-0.25, -0.2) is 4.79 Å². The number of nitrogens with one attached hydrogen (secondary N) is 1. The van der Waals surface area contributed by atoms with Crippen molar-refractivity contribution in [2.45, 2.75) is 18.0 Å². The van der Waals surface area contributed by atoms with E-state index in [0.29, 0.717) is 11.1 Å². The lowest BCUT2D eigenvalue weighted by atomic mass is 9.81. The van der Waals surface area contributed by atoms with Gasteiger partial charge in [0.15, 0.2) is 0 Å². The van der Waals surface area contributed by atoms with Gasteiger partial charge in [0.05, 0.1) is 30.3 Å². The zero-order valence-electron chi connectivity index (χ0n) is 24.5. The lowest BCUT2D eigenvalue weighted by Gasteiger charge is -2.25. The molecule has 0 saturated heterocycles. The van der Waals surface area contributed by atoms with E-state index in [9.17, 15) is 47.4 Å². The average Bonchev–Trinajstić information content (AvgIpc) is 3.05. The Bertz CT molecular complexity index is 1810. The number of ether oxygens (including phenoxy) is 2. The molecule has 0 aliphatic carbocycles. The maximum Gasteiger partial charge on any atom is 0.416 e. The van der Waals surface area contributed by atoms with Crippen LogP contribution in [0.4, 0.5) is 18.9 Å². The van der Waals surface area contributed by atoms with Gasteiger partial charge < -0.3 is 25.0 Å².